The number of halogens is 3. The number of hydrogen-bond acceptors (Lipinski definition) is 7. The molecule has 0 saturated carbocycles. The van der Waals surface area contributed by atoms with Gasteiger partial charge in [0.15, 0.2) is 9.84 Å². The number of carbonyl (C=O) groups excluding carboxylic acids is 2. The van der Waals surface area contributed by atoms with Crippen LogP contribution in [0.1, 0.15) is 15.9 Å². The fourth-order valence-electron chi connectivity index (χ4n) is 3.53. The summed E-state index contributed by atoms with van der Waals surface area (Å²) >= 11 is 0. The predicted octanol–water partition coefficient (Wildman–Crippen LogP) is -1.36. The Morgan fingerprint density at radius 3 is 2.31 bits per heavy atom. The van der Waals surface area contributed by atoms with Crippen LogP contribution >= 0.6 is 0 Å². The molecule has 0 spiro atoms. The quantitative estimate of drug-likeness (QED) is 0.377. The maximum Gasteiger partial charge on any atom is 0.430 e. The second-order valence-electron chi connectivity index (χ2n) is 7.88. The Bertz CT molecular complexity index is 1340. The summed E-state index contributed by atoms with van der Waals surface area (Å²) in [5.41, 5.74) is 8.19. The van der Waals surface area contributed by atoms with Gasteiger partial charge in [-0.25, -0.2) is 13.1 Å². The van der Waals surface area contributed by atoms with Gasteiger partial charge in [0.2, 0.25) is 0 Å². The molecule has 2 aromatic carbocycles. The van der Waals surface area contributed by atoms with Gasteiger partial charge in [-0.15, -0.1) is 0 Å². The van der Waals surface area contributed by atoms with Crippen LogP contribution in [0.2, 0.25) is 0 Å². The number of alkyl halides is 3. The molecule has 1 aromatic heterocycles. The van der Waals surface area contributed by atoms with Crippen molar-refractivity contribution in [3.8, 4) is 5.69 Å². The molecule has 2 unspecified atom stereocenters. The minimum atomic E-state index is -5.19. The first-order valence-corrected chi connectivity index (χ1v) is 12.0. The Hall–Kier alpha value is -3.49. The number of benzene rings is 2. The molecular weight excluding hydrogens is 493 g/mol. The highest BCUT2D eigenvalue weighted by Crippen LogP contribution is 2.19. The predicted molar refractivity (Wildman–Crippen MR) is 115 cm³/mol. The lowest BCUT2D eigenvalue weighted by Gasteiger charge is -2.11. The maximum absolute atomic E-state index is 11.6. The van der Waals surface area contributed by atoms with Gasteiger partial charge in [-0.2, -0.15) is 18.3 Å². The van der Waals surface area contributed by atoms with Crippen LogP contribution in [0, 0.1) is 0 Å². The molecule has 1 aliphatic rings. The molecule has 0 aliphatic carbocycles. The number of fused-ring (bicyclic) bond motifs is 1. The van der Waals surface area contributed by atoms with Gasteiger partial charge in [0.25, 0.3) is 5.91 Å². The van der Waals surface area contributed by atoms with Gasteiger partial charge in [0, 0.05) is 17.1 Å². The van der Waals surface area contributed by atoms with Gasteiger partial charge in [0.1, 0.15) is 35.9 Å². The van der Waals surface area contributed by atoms with Crippen molar-refractivity contribution in [1.29, 1.82) is 0 Å². The highest BCUT2D eigenvalue weighted by Gasteiger charge is 2.39. The summed E-state index contributed by atoms with van der Waals surface area (Å²) in [6.07, 6.45) is -4.18. The highest BCUT2D eigenvalue weighted by atomic mass is 32.2. The van der Waals surface area contributed by atoms with Crippen LogP contribution in [0.15, 0.2) is 48.7 Å². The summed E-state index contributed by atoms with van der Waals surface area (Å²) in [5, 5.41) is 25.8. The lowest BCUT2D eigenvalue weighted by molar-refractivity contribution is -0.705. The van der Waals surface area contributed by atoms with Gasteiger partial charge in [-0.1, -0.05) is 24.3 Å². The van der Waals surface area contributed by atoms with E-state index in [9.17, 15) is 31.5 Å². The number of carbonyl (C=O) groups is 2. The lowest BCUT2D eigenvalue weighted by Crippen LogP contribution is -2.91. The summed E-state index contributed by atoms with van der Waals surface area (Å²) in [4.78, 5) is 20.3. The van der Waals surface area contributed by atoms with Crippen molar-refractivity contribution in [1.82, 2.24) is 9.78 Å². The van der Waals surface area contributed by atoms with Crippen molar-refractivity contribution < 1.29 is 46.7 Å². The van der Waals surface area contributed by atoms with Gasteiger partial charge in [-0.05, 0) is 18.2 Å². The molecule has 1 aliphatic heterocycles. The number of primary amides is 1. The van der Waals surface area contributed by atoms with Crippen LogP contribution in [0.25, 0.3) is 16.6 Å². The topological polar surface area (TPSA) is 172 Å². The molecule has 10 nitrogen and oxygen atoms in total. The number of rotatable bonds is 5. The van der Waals surface area contributed by atoms with Gasteiger partial charge in [0.05, 0.1) is 17.0 Å². The minimum Gasteiger partial charge on any atom is -0.542 e. The summed E-state index contributed by atoms with van der Waals surface area (Å²) in [5.74, 6) is -3.67. The SMILES string of the molecule is NC(=O)c1cccc2cn(-c3ccc(C[NH2+]C4CS(=O)(=O)CC4O)cc3)nc12.O=C([O-])C(F)(F)F. The maximum atomic E-state index is 11.6. The number of nitrogens with two attached hydrogens (primary N) is 2. The average Bonchev–Trinajstić information content (AvgIpc) is 3.31. The molecule has 35 heavy (non-hydrogen) atoms. The molecule has 4 rings (SSSR count). The number of carboxylic acids is 1. The molecule has 2 atom stereocenters. The number of sulfone groups is 1. The minimum absolute atomic E-state index is 0.00826. The summed E-state index contributed by atoms with van der Waals surface area (Å²) < 4.78 is 56.4. The zero-order valence-electron chi connectivity index (χ0n) is 18.0. The number of aliphatic hydroxyl groups excluding tert-OH is 1. The smallest absolute Gasteiger partial charge is 0.430 e. The third-order valence-electron chi connectivity index (χ3n) is 5.26. The zero-order chi connectivity index (χ0) is 26.0. The van der Waals surface area contributed by atoms with E-state index in [2.05, 4.69) is 5.10 Å². The lowest BCUT2D eigenvalue weighted by atomic mass is 10.1. The van der Waals surface area contributed by atoms with E-state index in [1.807, 2.05) is 41.8 Å². The number of hydrogen-bond donors (Lipinski definition) is 3. The second kappa shape index (κ2) is 10.0. The zero-order valence-corrected chi connectivity index (χ0v) is 18.8. The first-order chi connectivity index (χ1) is 16.3. The van der Waals surface area contributed by atoms with Crippen LogP contribution in [-0.2, 0) is 21.2 Å². The molecule has 1 saturated heterocycles. The number of aromatic nitrogens is 2. The molecule has 14 heteroatoms. The van der Waals surface area contributed by atoms with E-state index in [0.29, 0.717) is 17.6 Å². The van der Waals surface area contributed by atoms with E-state index in [1.54, 1.807) is 16.8 Å². The first kappa shape index (κ1) is 26.1. The summed E-state index contributed by atoms with van der Waals surface area (Å²) in [7, 11) is -3.14. The molecule has 188 valence electrons. The Labute approximate surface area is 197 Å². The summed E-state index contributed by atoms with van der Waals surface area (Å²) in [6.45, 7) is 0.574. The molecule has 2 heterocycles. The number of nitrogens with zero attached hydrogens (tertiary/aromatic N) is 2. The van der Waals surface area contributed by atoms with E-state index in [0.717, 1.165) is 16.6 Å². The van der Waals surface area contributed by atoms with Crippen LogP contribution in [0.4, 0.5) is 13.2 Å². The summed E-state index contributed by atoms with van der Waals surface area (Å²) in [6, 6.07) is 12.6. The number of aliphatic hydroxyl groups is 1. The van der Waals surface area contributed by atoms with Gasteiger partial charge < -0.3 is 26.1 Å². The molecule has 1 amide bonds. The van der Waals surface area contributed by atoms with E-state index in [4.69, 9.17) is 15.6 Å². The molecule has 3 aromatic rings. The van der Waals surface area contributed by atoms with E-state index < -0.39 is 34.0 Å². The molecule has 0 bridgehead atoms. The average molecular weight is 514 g/mol. The first-order valence-electron chi connectivity index (χ1n) is 10.1. The molecular formula is C21H21F3N4O6S. The highest BCUT2D eigenvalue weighted by molar-refractivity contribution is 7.91. The van der Waals surface area contributed by atoms with Crippen LogP contribution in [0.3, 0.4) is 0 Å². The van der Waals surface area contributed by atoms with Crippen LogP contribution < -0.4 is 16.2 Å². The van der Waals surface area contributed by atoms with Crippen molar-refractivity contribution in [2.24, 2.45) is 5.73 Å². The Morgan fingerprint density at radius 2 is 1.80 bits per heavy atom. The van der Waals surface area contributed by atoms with Crippen molar-refractivity contribution >= 4 is 32.6 Å². The van der Waals surface area contributed by atoms with Gasteiger partial charge >= 0.3 is 6.18 Å². The molecule has 0 radical (unpaired) electrons. The fraction of sp³-hybridized carbons (Fsp3) is 0.286. The standard InChI is InChI=1S/C19H20N4O4S.C2HF3O2/c20-19(25)15-3-1-2-13-9-23(22-18(13)15)14-6-4-12(5-7-14)8-21-16-10-28(26,27)11-17(16)24;3-2(4,5)1(6)7/h1-7,9,16-17,21,24H,8,10-11H2,(H2,20,25);(H,6,7). The van der Waals surface area contributed by atoms with E-state index in [-0.39, 0.29) is 17.5 Å². The monoisotopic (exact) mass is 514 g/mol. The normalized spacial score (nSPS) is 19.2. The fourth-order valence-corrected chi connectivity index (χ4v) is 5.38. The Morgan fingerprint density at radius 1 is 1.17 bits per heavy atom. The number of amides is 1. The third-order valence-corrected chi connectivity index (χ3v) is 7.00. The van der Waals surface area contributed by atoms with E-state index in [1.165, 1.54) is 0 Å². The molecule has 1 fully saturated rings. The van der Waals surface area contributed by atoms with Gasteiger partial charge in [-0.3, -0.25) is 4.79 Å². The van der Waals surface area contributed by atoms with Crippen molar-refractivity contribution in [3.05, 3.63) is 59.8 Å². The van der Waals surface area contributed by atoms with Crippen LogP contribution in [-0.4, -0.2) is 65.0 Å². The number of quaternary nitrogens is 1. The number of aliphatic carboxylic acids is 1. The van der Waals surface area contributed by atoms with Crippen molar-refractivity contribution in [2.45, 2.75) is 24.9 Å². The molecule has 5 N–H and O–H groups in total. The largest absolute Gasteiger partial charge is 0.542 e. The van der Waals surface area contributed by atoms with Crippen molar-refractivity contribution in [2.75, 3.05) is 11.5 Å². The van der Waals surface area contributed by atoms with Crippen LogP contribution in [0.5, 0.6) is 0 Å². The number of carboxylic acid groups (broad SMARTS) is 1. The van der Waals surface area contributed by atoms with Crippen molar-refractivity contribution in [3.63, 3.8) is 0 Å². The Balaban J connectivity index is 0.000000429. The third kappa shape index (κ3) is 6.55. The van der Waals surface area contributed by atoms with E-state index >= 15 is 0 Å². The Kier molecular flexibility index (Phi) is 7.47. The second-order valence-corrected chi connectivity index (χ2v) is 10.0.